The second-order valence-electron chi connectivity index (χ2n) is 4.55. The molecule has 1 aromatic carbocycles. The number of piperazine rings is 1. The molecule has 1 fully saturated rings. The average Bonchev–Trinajstić information content (AvgIpc) is 2.37. The summed E-state index contributed by atoms with van der Waals surface area (Å²) in [4.78, 5) is 1.45. The summed E-state index contributed by atoms with van der Waals surface area (Å²) in [6, 6.07) is 6.91. The van der Waals surface area contributed by atoms with Crippen molar-refractivity contribution in [3.63, 3.8) is 0 Å². The normalized spacial score (nSPS) is 20.3. The lowest BCUT2D eigenvalue weighted by Gasteiger charge is -2.37. The smallest absolute Gasteiger partial charge is 0.401 e. The van der Waals surface area contributed by atoms with Crippen LogP contribution in [0, 0.1) is 0 Å². The molecule has 3 nitrogen and oxygen atoms in total. The molecule has 1 atom stereocenters. The highest BCUT2D eigenvalue weighted by molar-refractivity contribution is 5.85. The predicted molar refractivity (Wildman–Crippen MR) is 73.5 cm³/mol. The van der Waals surface area contributed by atoms with Crippen molar-refractivity contribution >= 4 is 12.4 Å². The van der Waals surface area contributed by atoms with Gasteiger partial charge in [0.25, 0.3) is 0 Å². The van der Waals surface area contributed by atoms with Crippen molar-refractivity contribution in [2.75, 3.05) is 33.3 Å². The molecule has 1 unspecified atom stereocenters. The van der Waals surface area contributed by atoms with Crippen LogP contribution in [-0.4, -0.2) is 44.4 Å². The van der Waals surface area contributed by atoms with Crippen LogP contribution in [0.4, 0.5) is 13.2 Å². The SMILES string of the molecule is COc1ccccc1C1CNCCN1CC(F)(F)F.Cl. The van der Waals surface area contributed by atoms with E-state index in [9.17, 15) is 13.2 Å². The van der Waals surface area contributed by atoms with Crippen LogP contribution in [-0.2, 0) is 0 Å². The molecule has 0 spiro atoms. The van der Waals surface area contributed by atoms with Gasteiger partial charge in [0.2, 0.25) is 0 Å². The Morgan fingerprint density at radius 1 is 1.35 bits per heavy atom. The number of rotatable bonds is 3. The molecule has 1 heterocycles. The number of nitrogens with zero attached hydrogens (tertiary/aromatic N) is 1. The Bertz CT molecular complexity index is 428. The number of halogens is 4. The number of methoxy groups -OCH3 is 1. The van der Waals surface area contributed by atoms with Crippen molar-refractivity contribution in [2.24, 2.45) is 0 Å². The average molecular weight is 311 g/mol. The van der Waals surface area contributed by atoms with Gasteiger partial charge < -0.3 is 10.1 Å². The van der Waals surface area contributed by atoms with E-state index >= 15 is 0 Å². The Morgan fingerprint density at radius 3 is 2.70 bits per heavy atom. The van der Waals surface area contributed by atoms with Crippen molar-refractivity contribution in [1.82, 2.24) is 10.2 Å². The minimum Gasteiger partial charge on any atom is -0.496 e. The monoisotopic (exact) mass is 310 g/mol. The van der Waals surface area contributed by atoms with Gasteiger partial charge in [-0.05, 0) is 6.07 Å². The fourth-order valence-electron chi connectivity index (χ4n) is 2.41. The van der Waals surface area contributed by atoms with Gasteiger partial charge in [-0.2, -0.15) is 13.2 Å². The summed E-state index contributed by atoms with van der Waals surface area (Å²) >= 11 is 0. The molecule has 1 aliphatic rings. The molecule has 0 saturated carbocycles. The van der Waals surface area contributed by atoms with Gasteiger partial charge in [0.05, 0.1) is 19.7 Å². The molecule has 2 rings (SSSR count). The van der Waals surface area contributed by atoms with Crippen LogP contribution in [0.2, 0.25) is 0 Å². The van der Waals surface area contributed by atoms with Crippen LogP contribution in [0.1, 0.15) is 11.6 Å². The minimum atomic E-state index is -4.18. The van der Waals surface area contributed by atoms with E-state index in [1.807, 2.05) is 18.2 Å². The predicted octanol–water partition coefficient (Wildman–Crippen LogP) is 2.63. The first-order valence-corrected chi connectivity index (χ1v) is 6.15. The molecule has 0 aromatic heterocycles. The Hall–Kier alpha value is -0.980. The molecule has 1 aromatic rings. The first kappa shape index (κ1) is 17.1. The van der Waals surface area contributed by atoms with Crippen LogP contribution < -0.4 is 10.1 Å². The van der Waals surface area contributed by atoms with E-state index in [0.29, 0.717) is 25.4 Å². The van der Waals surface area contributed by atoms with Gasteiger partial charge >= 0.3 is 6.18 Å². The quantitative estimate of drug-likeness (QED) is 0.929. The fourth-order valence-corrected chi connectivity index (χ4v) is 2.41. The first-order chi connectivity index (χ1) is 9.01. The molecule has 0 radical (unpaired) electrons. The molecule has 0 amide bonds. The third-order valence-corrected chi connectivity index (χ3v) is 3.23. The van der Waals surface area contributed by atoms with E-state index in [4.69, 9.17) is 4.74 Å². The Balaban J connectivity index is 0.00000200. The minimum absolute atomic E-state index is 0. The van der Waals surface area contributed by atoms with Gasteiger partial charge in [0, 0.05) is 25.2 Å². The summed E-state index contributed by atoms with van der Waals surface area (Å²) in [5.41, 5.74) is 0.793. The number of benzene rings is 1. The second-order valence-corrected chi connectivity index (χ2v) is 4.55. The summed E-state index contributed by atoms with van der Waals surface area (Å²) in [7, 11) is 1.53. The first-order valence-electron chi connectivity index (χ1n) is 6.15. The highest BCUT2D eigenvalue weighted by atomic mass is 35.5. The maximum Gasteiger partial charge on any atom is 0.401 e. The second kappa shape index (κ2) is 7.15. The molecule has 20 heavy (non-hydrogen) atoms. The Labute approximate surface area is 122 Å². The highest BCUT2D eigenvalue weighted by Gasteiger charge is 2.36. The van der Waals surface area contributed by atoms with E-state index in [2.05, 4.69) is 5.32 Å². The molecule has 7 heteroatoms. The molecular formula is C13H18ClF3N2O. The molecule has 1 N–H and O–H groups in total. The van der Waals surface area contributed by atoms with Gasteiger partial charge in [-0.1, -0.05) is 18.2 Å². The molecule has 1 saturated heterocycles. The number of alkyl halides is 3. The van der Waals surface area contributed by atoms with Crippen molar-refractivity contribution < 1.29 is 17.9 Å². The van der Waals surface area contributed by atoms with E-state index in [0.717, 1.165) is 5.56 Å². The number of para-hydroxylation sites is 1. The van der Waals surface area contributed by atoms with Gasteiger partial charge in [-0.3, -0.25) is 4.90 Å². The zero-order chi connectivity index (χ0) is 13.9. The number of hydrogen-bond acceptors (Lipinski definition) is 3. The van der Waals surface area contributed by atoms with Gasteiger partial charge in [-0.25, -0.2) is 0 Å². The zero-order valence-corrected chi connectivity index (χ0v) is 11.9. The zero-order valence-electron chi connectivity index (χ0n) is 11.1. The lowest BCUT2D eigenvalue weighted by molar-refractivity contribution is -0.152. The third-order valence-electron chi connectivity index (χ3n) is 3.23. The van der Waals surface area contributed by atoms with E-state index < -0.39 is 12.7 Å². The van der Waals surface area contributed by atoms with Crippen LogP contribution in [0.3, 0.4) is 0 Å². The van der Waals surface area contributed by atoms with E-state index in [1.165, 1.54) is 12.0 Å². The highest BCUT2D eigenvalue weighted by Crippen LogP contribution is 2.32. The largest absolute Gasteiger partial charge is 0.496 e. The van der Waals surface area contributed by atoms with Crippen molar-refractivity contribution in [3.05, 3.63) is 29.8 Å². The molecule has 0 aliphatic carbocycles. The summed E-state index contributed by atoms with van der Waals surface area (Å²) in [5.74, 6) is 0.628. The van der Waals surface area contributed by atoms with E-state index in [1.54, 1.807) is 6.07 Å². The summed E-state index contributed by atoms with van der Waals surface area (Å²) in [6.07, 6.45) is -4.18. The van der Waals surface area contributed by atoms with Crippen molar-refractivity contribution in [3.8, 4) is 5.75 Å². The Morgan fingerprint density at radius 2 is 2.05 bits per heavy atom. The summed E-state index contributed by atoms with van der Waals surface area (Å²) < 4.78 is 43.1. The van der Waals surface area contributed by atoms with Crippen LogP contribution in [0.5, 0.6) is 5.75 Å². The lowest BCUT2D eigenvalue weighted by atomic mass is 10.0. The van der Waals surface area contributed by atoms with Crippen LogP contribution >= 0.6 is 12.4 Å². The van der Waals surface area contributed by atoms with Gasteiger partial charge in [0.15, 0.2) is 0 Å². The summed E-state index contributed by atoms with van der Waals surface area (Å²) in [6.45, 7) is 0.553. The maximum absolute atomic E-state index is 12.6. The van der Waals surface area contributed by atoms with Crippen molar-refractivity contribution in [1.29, 1.82) is 0 Å². The van der Waals surface area contributed by atoms with Crippen LogP contribution in [0.25, 0.3) is 0 Å². The maximum atomic E-state index is 12.6. The number of nitrogens with one attached hydrogen (secondary N) is 1. The molecule has 1 aliphatic heterocycles. The number of ether oxygens (including phenoxy) is 1. The molecular weight excluding hydrogens is 293 g/mol. The number of hydrogen-bond donors (Lipinski definition) is 1. The van der Waals surface area contributed by atoms with Gasteiger partial charge in [0.1, 0.15) is 5.75 Å². The third kappa shape index (κ3) is 4.26. The molecule has 114 valence electrons. The van der Waals surface area contributed by atoms with E-state index in [-0.39, 0.29) is 18.4 Å². The Kier molecular flexibility index (Phi) is 6.10. The van der Waals surface area contributed by atoms with Crippen LogP contribution in [0.15, 0.2) is 24.3 Å². The van der Waals surface area contributed by atoms with Gasteiger partial charge in [-0.15, -0.1) is 12.4 Å². The standard InChI is InChI=1S/C13H17F3N2O.ClH/c1-19-12-5-3-2-4-10(12)11-8-17-6-7-18(11)9-13(14,15)16;/h2-5,11,17H,6-9H2,1H3;1H. The van der Waals surface area contributed by atoms with Crippen molar-refractivity contribution in [2.45, 2.75) is 12.2 Å². The fraction of sp³-hybridized carbons (Fsp3) is 0.538. The topological polar surface area (TPSA) is 24.5 Å². The lowest BCUT2D eigenvalue weighted by Crippen LogP contribution is -2.49. The summed E-state index contributed by atoms with van der Waals surface area (Å²) in [5, 5.41) is 3.14. The molecule has 0 bridgehead atoms.